The number of halogens is 1. The van der Waals surface area contributed by atoms with Crippen LogP contribution >= 0.6 is 23.4 Å². The van der Waals surface area contributed by atoms with Gasteiger partial charge >= 0.3 is 5.97 Å². The van der Waals surface area contributed by atoms with Crippen molar-refractivity contribution in [2.24, 2.45) is 17.8 Å². The van der Waals surface area contributed by atoms with E-state index in [1.54, 1.807) is 39.8 Å². The Morgan fingerprint density at radius 2 is 2.08 bits per heavy atom. The third kappa shape index (κ3) is 5.35. The number of rotatable bonds is 13. The van der Waals surface area contributed by atoms with Crippen LogP contribution < -0.4 is 4.90 Å². The Labute approximate surface area is 246 Å². The highest BCUT2D eigenvalue weighted by atomic mass is 35.5. The first-order valence-electron chi connectivity index (χ1n) is 14.2. The van der Waals surface area contributed by atoms with Gasteiger partial charge in [0.1, 0.15) is 6.04 Å². The number of thioether (sulfide) groups is 1. The number of carbonyl (C=O) groups excluding carboxylic acids is 3. The number of carbonyl (C=O) groups is 3. The maximum Gasteiger partial charge on any atom is 0.310 e. The molecular formula is C31H41ClN2O5S. The minimum Gasteiger partial charge on any atom is -0.465 e. The molecule has 3 aliphatic heterocycles. The molecule has 40 heavy (non-hydrogen) atoms. The first-order valence-corrected chi connectivity index (χ1v) is 15.4. The number of unbranched alkanes of at least 4 members (excludes halogenated alkanes) is 1. The van der Waals surface area contributed by atoms with Crippen molar-refractivity contribution in [1.29, 1.82) is 0 Å². The Morgan fingerprint density at radius 1 is 1.32 bits per heavy atom. The lowest BCUT2D eigenvalue weighted by Gasteiger charge is -2.40. The molecule has 3 aliphatic rings. The molecule has 2 unspecified atom stereocenters. The van der Waals surface area contributed by atoms with E-state index in [1.807, 2.05) is 32.9 Å². The highest BCUT2D eigenvalue weighted by molar-refractivity contribution is 8.02. The lowest BCUT2D eigenvalue weighted by molar-refractivity contribution is -0.154. The normalized spacial score (nSPS) is 27.6. The van der Waals surface area contributed by atoms with E-state index in [0.717, 1.165) is 18.4 Å². The van der Waals surface area contributed by atoms with E-state index in [9.17, 15) is 19.5 Å². The molecule has 0 aliphatic carbocycles. The minimum atomic E-state index is -0.856. The van der Waals surface area contributed by atoms with Gasteiger partial charge in [-0.25, -0.2) is 0 Å². The van der Waals surface area contributed by atoms with Gasteiger partial charge in [-0.15, -0.1) is 24.9 Å². The fourth-order valence-corrected chi connectivity index (χ4v) is 9.39. The van der Waals surface area contributed by atoms with Crippen LogP contribution in [0, 0.1) is 24.7 Å². The quantitative estimate of drug-likeness (QED) is 0.194. The number of hydrogen-bond acceptors (Lipinski definition) is 6. The largest absolute Gasteiger partial charge is 0.465 e. The van der Waals surface area contributed by atoms with Crippen LogP contribution in [0.1, 0.15) is 51.5 Å². The molecule has 9 heteroatoms. The lowest BCUT2D eigenvalue weighted by atomic mass is 9.71. The van der Waals surface area contributed by atoms with E-state index in [4.69, 9.17) is 16.3 Å². The number of aryl methyl sites for hydroxylation is 1. The fraction of sp³-hybridized carbons (Fsp3) is 0.581. The molecule has 0 saturated carbocycles. The Morgan fingerprint density at radius 3 is 2.70 bits per heavy atom. The van der Waals surface area contributed by atoms with Crippen molar-refractivity contribution in [3.05, 3.63) is 54.1 Å². The summed E-state index contributed by atoms with van der Waals surface area (Å²) in [6.07, 6.45) is 6.73. The van der Waals surface area contributed by atoms with Gasteiger partial charge in [-0.2, -0.15) is 0 Å². The maximum absolute atomic E-state index is 14.8. The van der Waals surface area contributed by atoms with Gasteiger partial charge in [0, 0.05) is 11.8 Å². The summed E-state index contributed by atoms with van der Waals surface area (Å²) in [5, 5.41) is 10.9. The van der Waals surface area contributed by atoms with Crippen molar-refractivity contribution in [2.45, 2.75) is 75.0 Å². The molecule has 1 N–H and O–H groups in total. The average molecular weight is 589 g/mol. The van der Waals surface area contributed by atoms with E-state index >= 15 is 0 Å². The van der Waals surface area contributed by atoms with Crippen molar-refractivity contribution in [1.82, 2.24) is 4.90 Å². The van der Waals surface area contributed by atoms with Crippen molar-refractivity contribution < 1.29 is 24.2 Å². The molecule has 3 heterocycles. The molecule has 6 atom stereocenters. The molecule has 2 amide bonds. The SMILES string of the molecule is C=CCCCOC(=O)[C@@H]1[C@@H]2CCC3(S2)C(C(=O)N(CC=C)c2c(C)cccc2Cl)N([C@@H](CO)CC(C)C)C(=O)[C@H]13. The number of benzene rings is 1. The van der Waals surface area contributed by atoms with Crippen LogP contribution in [0.2, 0.25) is 5.02 Å². The van der Waals surface area contributed by atoms with Crippen LogP contribution in [0.15, 0.2) is 43.5 Å². The van der Waals surface area contributed by atoms with Gasteiger partial charge in [0.15, 0.2) is 0 Å². The summed E-state index contributed by atoms with van der Waals surface area (Å²) < 4.78 is 4.87. The summed E-state index contributed by atoms with van der Waals surface area (Å²) in [6, 6.07) is 4.07. The summed E-state index contributed by atoms with van der Waals surface area (Å²) in [6.45, 7) is 13.7. The first-order chi connectivity index (χ1) is 19.1. The summed E-state index contributed by atoms with van der Waals surface area (Å²) >= 11 is 8.23. The van der Waals surface area contributed by atoms with Gasteiger partial charge in [-0.3, -0.25) is 14.4 Å². The first kappa shape index (κ1) is 30.7. The highest BCUT2D eigenvalue weighted by Gasteiger charge is 2.74. The van der Waals surface area contributed by atoms with Gasteiger partial charge in [0.05, 0.1) is 46.5 Å². The Hall–Kier alpha value is -2.29. The molecule has 1 aromatic rings. The molecule has 3 fully saturated rings. The summed E-state index contributed by atoms with van der Waals surface area (Å²) in [5.74, 6) is -2.00. The summed E-state index contributed by atoms with van der Waals surface area (Å²) in [7, 11) is 0. The second kappa shape index (κ2) is 12.7. The predicted octanol–water partition coefficient (Wildman–Crippen LogP) is 5.18. The molecule has 7 nitrogen and oxygen atoms in total. The second-order valence-corrected chi connectivity index (χ2v) is 13.5. The molecule has 0 radical (unpaired) electrons. The number of esters is 1. The average Bonchev–Trinajstić information content (AvgIpc) is 3.56. The number of fused-ring (bicyclic) bond motifs is 1. The van der Waals surface area contributed by atoms with Gasteiger partial charge in [-0.1, -0.05) is 49.7 Å². The Balaban J connectivity index is 1.79. The molecule has 2 bridgehead atoms. The molecule has 218 valence electrons. The van der Waals surface area contributed by atoms with Crippen LogP contribution in [0.4, 0.5) is 5.69 Å². The zero-order valence-electron chi connectivity index (χ0n) is 23.7. The highest BCUT2D eigenvalue weighted by Crippen LogP contribution is 2.67. The second-order valence-electron chi connectivity index (χ2n) is 11.5. The van der Waals surface area contributed by atoms with E-state index < -0.39 is 28.7 Å². The van der Waals surface area contributed by atoms with E-state index in [2.05, 4.69) is 13.2 Å². The number of aliphatic hydroxyl groups is 1. The smallest absolute Gasteiger partial charge is 0.310 e. The number of amides is 2. The van der Waals surface area contributed by atoms with Crippen molar-refractivity contribution in [2.75, 3.05) is 24.7 Å². The van der Waals surface area contributed by atoms with Gasteiger partial charge in [0.2, 0.25) is 5.91 Å². The number of likely N-dealkylation sites (tertiary alicyclic amines) is 1. The van der Waals surface area contributed by atoms with Gasteiger partial charge in [0.25, 0.3) is 5.91 Å². The van der Waals surface area contributed by atoms with E-state index in [-0.39, 0.29) is 48.7 Å². The number of aliphatic hydroxyl groups excluding tert-OH is 1. The van der Waals surface area contributed by atoms with Crippen LogP contribution in [-0.4, -0.2) is 69.6 Å². The van der Waals surface area contributed by atoms with E-state index in [1.165, 1.54) is 0 Å². The predicted molar refractivity (Wildman–Crippen MR) is 160 cm³/mol. The number of hydrogen-bond donors (Lipinski definition) is 1. The molecule has 1 aromatic carbocycles. The number of nitrogens with zero attached hydrogens (tertiary/aromatic N) is 2. The number of ether oxygens (including phenoxy) is 1. The third-order valence-electron chi connectivity index (χ3n) is 8.42. The molecule has 4 rings (SSSR count). The number of anilines is 1. The van der Waals surface area contributed by atoms with Crippen molar-refractivity contribution in [3.8, 4) is 0 Å². The van der Waals surface area contributed by atoms with Crippen molar-refractivity contribution >= 4 is 46.8 Å². The van der Waals surface area contributed by atoms with Crippen molar-refractivity contribution in [3.63, 3.8) is 0 Å². The number of para-hydroxylation sites is 1. The molecular weight excluding hydrogens is 548 g/mol. The zero-order valence-corrected chi connectivity index (χ0v) is 25.3. The Kier molecular flexibility index (Phi) is 9.74. The monoisotopic (exact) mass is 588 g/mol. The summed E-state index contributed by atoms with van der Waals surface area (Å²) in [5.41, 5.74) is 1.42. The minimum absolute atomic E-state index is 0.0918. The van der Waals surface area contributed by atoms with Gasteiger partial charge in [-0.05, 0) is 56.6 Å². The Bertz CT molecular complexity index is 1140. The molecule has 3 saturated heterocycles. The fourth-order valence-electron chi connectivity index (χ4n) is 6.88. The topological polar surface area (TPSA) is 87.2 Å². The van der Waals surface area contributed by atoms with Gasteiger partial charge < -0.3 is 19.6 Å². The standard InChI is InChI=1S/C31H41ClN2O5S/c1-6-8-9-16-39-30(38)24-23-13-14-31(40-23)25(24)28(36)34(21(18-35)17-19(3)4)27(31)29(37)33(15-7-2)26-20(5)11-10-12-22(26)32/h6-7,10-12,19,21,23-25,27,35H,1-2,8-9,13-18H2,3-5H3/t21-,23+,24-,25+,27?,31?/m1/s1. The van der Waals surface area contributed by atoms with Crippen LogP contribution in [0.3, 0.4) is 0 Å². The molecule has 0 aromatic heterocycles. The summed E-state index contributed by atoms with van der Waals surface area (Å²) in [4.78, 5) is 45.8. The lowest BCUT2D eigenvalue weighted by Crippen LogP contribution is -2.58. The maximum atomic E-state index is 14.8. The van der Waals surface area contributed by atoms with Crippen LogP contribution in [0.5, 0.6) is 0 Å². The molecule has 1 spiro atoms. The zero-order chi connectivity index (χ0) is 29.2. The van der Waals surface area contributed by atoms with Crippen LogP contribution in [-0.2, 0) is 19.1 Å². The third-order valence-corrected chi connectivity index (χ3v) is 10.7. The number of allylic oxidation sites excluding steroid dienone is 1. The van der Waals surface area contributed by atoms with E-state index in [0.29, 0.717) is 30.0 Å². The van der Waals surface area contributed by atoms with Crippen LogP contribution in [0.25, 0.3) is 0 Å².